The standard InChI is InChI=1S/C32H28ClF4N7O2/c1-30(26-6-5-20(33)14-40-26)45-25-4-2-3-22(27(25)46-30)21-7-10-44(15-23(21)34)16-24-18(12-31(17-38)8-9-31)11-19(13-39-24)28-41-29(43-42-28)32(35,36)37/h2-6,11,13-14,21,23H,7-10,12,15-16H2,1H3,(H,41,42,43)/t21-,23-,30+/m1/s1. The number of nitrogens with zero attached hydrogens (tertiary/aromatic N) is 6. The molecule has 0 unspecified atom stereocenters. The lowest BCUT2D eigenvalue weighted by atomic mass is 9.87. The molecule has 4 aromatic rings. The summed E-state index contributed by atoms with van der Waals surface area (Å²) in [5.74, 6) is -1.95. The van der Waals surface area contributed by atoms with Gasteiger partial charge in [-0.25, -0.2) is 9.37 Å². The maximum absolute atomic E-state index is 16.0. The topological polar surface area (TPSA) is 113 Å². The van der Waals surface area contributed by atoms with E-state index in [1.165, 1.54) is 12.4 Å². The van der Waals surface area contributed by atoms with Gasteiger partial charge in [0.2, 0.25) is 5.82 Å². The molecule has 2 aliphatic heterocycles. The number of fused-ring (bicyclic) bond motifs is 1. The summed E-state index contributed by atoms with van der Waals surface area (Å²) in [4.78, 5) is 14.5. The van der Waals surface area contributed by atoms with Crippen molar-refractivity contribution in [2.75, 3.05) is 13.1 Å². The fourth-order valence-corrected chi connectivity index (χ4v) is 6.29. The van der Waals surface area contributed by atoms with Crippen molar-refractivity contribution in [1.82, 2.24) is 30.0 Å². The number of hydrogen-bond acceptors (Lipinski definition) is 8. The molecule has 9 nitrogen and oxygen atoms in total. The monoisotopic (exact) mass is 653 g/mol. The van der Waals surface area contributed by atoms with E-state index in [9.17, 15) is 18.4 Å². The number of alkyl halides is 4. The summed E-state index contributed by atoms with van der Waals surface area (Å²) in [5.41, 5.74) is 2.39. The fraction of sp³-hybridized carbons (Fsp3) is 0.406. The third-order valence-corrected chi connectivity index (χ3v) is 9.12. The lowest BCUT2D eigenvalue weighted by Gasteiger charge is -2.35. The molecule has 2 fully saturated rings. The van der Waals surface area contributed by atoms with Gasteiger partial charge in [-0.3, -0.25) is 20.0 Å². The van der Waals surface area contributed by atoms with Crippen LogP contribution in [0.25, 0.3) is 11.4 Å². The molecule has 5 heterocycles. The first kappa shape index (κ1) is 30.4. The molecule has 3 aliphatic rings. The second-order valence-electron chi connectivity index (χ2n) is 12.2. The summed E-state index contributed by atoms with van der Waals surface area (Å²) in [6, 6.07) is 13.0. The van der Waals surface area contributed by atoms with Gasteiger partial charge in [0.05, 0.1) is 22.2 Å². The molecular weight excluding hydrogens is 626 g/mol. The smallest absolute Gasteiger partial charge is 0.443 e. The second-order valence-corrected chi connectivity index (χ2v) is 12.7. The molecule has 14 heteroatoms. The van der Waals surface area contributed by atoms with Gasteiger partial charge < -0.3 is 9.47 Å². The minimum absolute atomic E-state index is 0.132. The molecule has 1 aromatic carbocycles. The van der Waals surface area contributed by atoms with Crippen molar-refractivity contribution < 1.29 is 27.0 Å². The van der Waals surface area contributed by atoms with Crippen molar-refractivity contribution >= 4 is 11.6 Å². The average Bonchev–Trinajstić information content (AvgIpc) is 3.42. The average molecular weight is 654 g/mol. The molecule has 7 rings (SSSR count). The Balaban J connectivity index is 1.09. The van der Waals surface area contributed by atoms with Gasteiger partial charge in [0.25, 0.3) is 5.79 Å². The van der Waals surface area contributed by atoms with Gasteiger partial charge in [-0.15, -0.1) is 0 Å². The summed E-state index contributed by atoms with van der Waals surface area (Å²) in [6.07, 6.45) is -0.608. The lowest BCUT2D eigenvalue weighted by Crippen LogP contribution is -2.40. The minimum atomic E-state index is -4.66. The van der Waals surface area contributed by atoms with Crippen molar-refractivity contribution in [3.8, 4) is 29.0 Å². The zero-order valence-electron chi connectivity index (χ0n) is 24.6. The SMILES string of the molecule is C[C@]1(c2ccc(Cl)cn2)Oc2cccc([C@H]3CCN(Cc4ncc(-c5n[nH]c(C(F)(F)F)n5)cc4CC4(C#N)CC4)C[C@H]3F)c2O1. The van der Waals surface area contributed by atoms with E-state index < -0.39 is 35.3 Å². The van der Waals surface area contributed by atoms with E-state index in [0.29, 0.717) is 65.0 Å². The first-order valence-electron chi connectivity index (χ1n) is 14.8. The van der Waals surface area contributed by atoms with Crippen molar-refractivity contribution in [2.45, 2.75) is 63.2 Å². The summed E-state index contributed by atoms with van der Waals surface area (Å²) in [5, 5.41) is 15.9. The molecule has 1 N–H and O–H groups in total. The van der Waals surface area contributed by atoms with Crippen LogP contribution in [0, 0.1) is 16.7 Å². The van der Waals surface area contributed by atoms with Gasteiger partial charge in [0.15, 0.2) is 17.3 Å². The normalized spacial score (nSPS) is 23.7. The Bertz CT molecular complexity index is 1820. The van der Waals surface area contributed by atoms with Crippen LogP contribution in [0.2, 0.25) is 5.02 Å². The van der Waals surface area contributed by atoms with Gasteiger partial charge in [-0.2, -0.15) is 23.5 Å². The van der Waals surface area contributed by atoms with Gasteiger partial charge >= 0.3 is 6.18 Å². The van der Waals surface area contributed by atoms with Crippen LogP contribution in [-0.4, -0.2) is 49.3 Å². The zero-order valence-corrected chi connectivity index (χ0v) is 25.4. The number of ether oxygens (including phenoxy) is 2. The molecule has 0 amide bonds. The predicted molar refractivity (Wildman–Crippen MR) is 157 cm³/mol. The number of H-pyrrole nitrogens is 1. The molecule has 3 aromatic heterocycles. The number of hydrogen-bond donors (Lipinski definition) is 1. The van der Waals surface area contributed by atoms with Crippen LogP contribution in [0.15, 0.2) is 48.8 Å². The van der Waals surface area contributed by atoms with Crippen LogP contribution in [0.4, 0.5) is 17.6 Å². The Morgan fingerprint density at radius 2 is 1.98 bits per heavy atom. The largest absolute Gasteiger partial charge is 0.451 e. The van der Waals surface area contributed by atoms with Gasteiger partial charge in [0.1, 0.15) is 11.9 Å². The second kappa shape index (κ2) is 11.2. The number of aromatic amines is 1. The molecule has 0 spiro atoms. The molecule has 0 radical (unpaired) electrons. The highest BCUT2D eigenvalue weighted by molar-refractivity contribution is 6.30. The summed E-state index contributed by atoms with van der Waals surface area (Å²) in [6.45, 7) is 2.77. The number of halogens is 5. The number of para-hydroxylation sites is 1. The molecule has 238 valence electrons. The first-order chi connectivity index (χ1) is 22.0. The lowest BCUT2D eigenvalue weighted by molar-refractivity contribution is -0.144. The van der Waals surface area contributed by atoms with Crippen LogP contribution in [-0.2, 0) is 24.9 Å². The van der Waals surface area contributed by atoms with E-state index >= 15 is 4.39 Å². The summed E-state index contributed by atoms with van der Waals surface area (Å²) < 4.78 is 67.8. The highest BCUT2D eigenvalue weighted by Gasteiger charge is 2.45. The predicted octanol–water partition coefficient (Wildman–Crippen LogP) is 6.75. The van der Waals surface area contributed by atoms with Gasteiger partial charge in [-0.1, -0.05) is 23.7 Å². The number of nitriles is 1. The number of pyridine rings is 2. The third kappa shape index (κ3) is 5.76. The highest BCUT2D eigenvalue weighted by Crippen LogP contribution is 2.50. The van der Waals surface area contributed by atoms with Crippen LogP contribution in [0.5, 0.6) is 11.5 Å². The molecule has 46 heavy (non-hydrogen) atoms. The van der Waals surface area contributed by atoms with Crippen molar-refractivity contribution in [3.05, 3.63) is 82.2 Å². The van der Waals surface area contributed by atoms with Crippen LogP contribution >= 0.6 is 11.6 Å². The number of benzene rings is 1. The van der Waals surface area contributed by atoms with Crippen molar-refractivity contribution in [3.63, 3.8) is 0 Å². The molecule has 1 aliphatic carbocycles. The first-order valence-corrected chi connectivity index (χ1v) is 15.2. The maximum atomic E-state index is 16.0. The highest BCUT2D eigenvalue weighted by atomic mass is 35.5. The fourth-order valence-electron chi connectivity index (χ4n) is 6.18. The Hall–Kier alpha value is -4.28. The van der Waals surface area contributed by atoms with Gasteiger partial charge in [-0.05, 0) is 62.1 Å². The van der Waals surface area contributed by atoms with E-state index in [2.05, 4.69) is 26.1 Å². The van der Waals surface area contributed by atoms with Crippen LogP contribution in [0.1, 0.15) is 60.4 Å². The van der Waals surface area contributed by atoms with E-state index in [-0.39, 0.29) is 12.4 Å². The minimum Gasteiger partial charge on any atom is -0.443 e. The Kier molecular flexibility index (Phi) is 7.40. The van der Waals surface area contributed by atoms with E-state index in [0.717, 1.165) is 18.4 Å². The number of likely N-dealkylation sites (tertiary alicyclic amines) is 1. The van der Waals surface area contributed by atoms with Crippen molar-refractivity contribution in [2.24, 2.45) is 5.41 Å². The molecular formula is C32H28ClF4N7O2. The van der Waals surface area contributed by atoms with E-state index in [1.807, 2.05) is 22.1 Å². The Morgan fingerprint density at radius 3 is 2.65 bits per heavy atom. The van der Waals surface area contributed by atoms with E-state index in [1.54, 1.807) is 31.2 Å². The summed E-state index contributed by atoms with van der Waals surface area (Å²) >= 11 is 6.00. The third-order valence-electron chi connectivity index (χ3n) is 8.89. The number of rotatable bonds is 7. The Morgan fingerprint density at radius 1 is 1.15 bits per heavy atom. The molecule has 3 atom stereocenters. The van der Waals surface area contributed by atoms with Crippen LogP contribution in [0.3, 0.4) is 0 Å². The summed E-state index contributed by atoms with van der Waals surface area (Å²) in [7, 11) is 0. The van der Waals surface area contributed by atoms with Gasteiger partial charge in [0, 0.05) is 49.5 Å². The zero-order chi connectivity index (χ0) is 32.3. The quantitative estimate of drug-likeness (QED) is 0.218. The van der Waals surface area contributed by atoms with E-state index in [4.69, 9.17) is 21.1 Å². The van der Waals surface area contributed by atoms with Crippen molar-refractivity contribution in [1.29, 1.82) is 5.26 Å². The molecule has 1 saturated carbocycles. The number of nitrogens with one attached hydrogen (secondary N) is 1. The number of aromatic nitrogens is 5. The van der Waals surface area contributed by atoms with Crippen LogP contribution < -0.4 is 9.47 Å². The molecule has 0 bridgehead atoms. The molecule has 1 saturated heterocycles. The Labute approximate surface area is 266 Å². The maximum Gasteiger partial charge on any atom is 0.451 e. The number of piperidine rings is 1.